The van der Waals surface area contributed by atoms with Gasteiger partial charge >= 0.3 is 6.03 Å². The maximum absolute atomic E-state index is 11.1. The van der Waals surface area contributed by atoms with E-state index >= 15 is 0 Å². The van der Waals surface area contributed by atoms with Crippen molar-refractivity contribution in [1.29, 1.82) is 5.41 Å². The lowest BCUT2D eigenvalue weighted by atomic mass is 9.96. The standard InChI is InChI=1S/C23H22N6O3/c1-11-6-15(14-8-12(2-5-19(14)30)10-27-23(26)32)20(31)16(7-11)22-28-17-4-3-13(21(24)25)9-18(17)29-22/h2-9,30-31H,10H2,1H3,(H3,24,25)(H,28,29)(H3,26,27,32). The summed E-state index contributed by atoms with van der Waals surface area (Å²) in [6.45, 7) is 2.06. The Bertz CT molecular complexity index is 1380. The van der Waals surface area contributed by atoms with Crippen molar-refractivity contribution in [1.82, 2.24) is 15.3 Å². The number of phenols is 2. The lowest BCUT2D eigenvalue weighted by Crippen LogP contribution is -2.28. The van der Waals surface area contributed by atoms with E-state index in [4.69, 9.17) is 16.9 Å². The van der Waals surface area contributed by atoms with Gasteiger partial charge in [0.25, 0.3) is 0 Å². The van der Waals surface area contributed by atoms with Gasteiger partial charge in [-0.25, -0.2) is 9.78 Å². The van der Waals surface area contributed by atoms with Crippen molar-refractivity contribution in [3.63, 3.8) is 0 Å². The summed E-state index contributed by atoms with van der Waals surface area (Å²) in [5, 5.41) is 31.7. The molecule has 9 heteroatoms. The Morgan fingerprint density at radius 2 is 1.81 bits per heavy atom. The molecule has 9 nitrogen and oxygen atoms in total. The number of imidazole rings is 1. The summed E-state index contributed by atoms with van der Waals surface area (Å²) in [5.41, 5.74) is 15.5. The number of carbonyl (C=O) groups is 1. The first-order valence-corrected chi connectivity index (χ1v) is 9.76. The number of nitrogens with two attached hydrogens (primary N) is 2. The van der Waals surface area contributed by atoms with Gasteiger partial charge in [-0.3, -0.25) is 5.41 Å². The molecule has 0 spiro atoms. The van der Waals surface area contributed by atoms with Crippen LogP contribution in [-0.4, -0.2) is 32.0 Å². The van der Waals surface area contributed by atoms with Gasteiger partial charge in [-0.15, -0.1) is 0 Å². The second-order valence-corrected chi connectivity index (χ2v) is 7.51. The first kappa shape index (κ1) is 20.7. The lowest BCUT2D eigenvalue weighted by Gasteiger charge is -2.13. The number of hydrogen-bond acceptors (Lipinski definition) is 5. The van der Waals surface area contributed by atoms with Crippen LogP contribution < -0.4 is 16.8 Å². The molecule has 32 heavy (non-hydrogen) atoms. The molecule has 4 rings (SSSR count). The molecule has 0 unspecified atom stereocenters. The van der Waals surface area contributed by atoms with Crippen molar-refractivity contribution >= 4 is 22.9 Å². The number of fused-ring (bicyclic) bond motifs is 1. The zero-order valence-corrected chi connectivity index (χ0v) is 17.2. The molecule has 0 radical (unpaired) electrons. The number of amidine groups is 1. The monoisotopic (exact) mass is 430 g/mol. The van der Waals surface area contributed by atoms with E-state index in [0.717, 1.165) is 5.56 Å². The Morgan fingerprint density at radius 3 is 2.53 bits per heavy atom. The van der Waals surface area contributed by atoms with Crippen LogP contribution in [0, 0.1) is 12.3 Å². The third kappa shape index (κ3) is 3.91. The summed E-state index contributed by atoms with van der Waals surface area (Å²) in [7, 11) is 0. The molecule has 9 N–H and O–H groups in total. The van der Waals surface area contributed by atoms with E-state index in [-0.39, 0.29) is 23.9 Å². The van der Waals surface area contributed by atoms with E-state index in [0.29, 0.717) is 44.7 Å². The minimum atomic E-state index is -0.655. The highest BCUT2D eigenvalue weighted by atomic mass is 16.3. The molecule has 0 aliphatic rings. The van der Waals surface area contributed by atoms with E-state index in [1.165, 1.54) is 6.07 Å². The predicted octanol–water partition coefficient (Wildman–Crippen LogP) is 3.07. The number of phenolic OH excluding ortho intramolecular Hbond substituents is 2. The van der Waals surface area contributed by atoms with Crippen LogP contribution >= 0.6 is 0 Å². The highest BCUT2D eigenvalue weighted by molar-refractivity contribution is 5.98. The van der Waals surface area contributed by atoms with Gasteiger partial charge in [-0.1, -0.05) is 6.07 Å². The van der Waals surface area contributed by atoms with Crippen molar-refractivity contribution in [2.45, 2.75) is 13.5 Å². The zero-order chi connectivity index (χ0) is 23.0. The molecule has 162 valence electrons. The van der Waals surface area contributed by atoms with Crippen LogP contribution in [0.5, 0.6) is 11.5 Å². The molecular weight excluding hydrogens is 408 g/mol. The Hall–Kier alpha value is -4.53. The van der Waals surface area contributed by atoms with Gasteiger partial charge in [0.2, 0.25) is 0 Å². The molecule has 4 aromatic rings. The number of primary amides is 1. The number of benzene rings is 3. The minimum Gasteiger partial charge on any atom is -0.507 e. The Balaban J connectivity index is 1.82. The summed E-state index contributed by atoms with van der Waals surface area (Å²) in [6, 6.07) is 12.9. The number of aromatic hydroxyl groups is 2. The second kappa shape index (κ2) is 7.95. The fourth-order valence-corrected chi connectivity index (χ4v) is 3.57. The third-order valence-corrected chi connectivity index (χ3v) is 5.12. The van der Waals surface area contributed by atoms with E-state index in [2.05, 4.69) is 15.3 Å². The van der Waals surface area contributed by atoms with Gasteiger partial charge in [-0.2, -0.15) is 0 Å². The average Bonchev–Trinajstić information content (AvgIpc) is 3.17. The van der Waals surface area contributed by atoms with Crippen molar-refractivity contribution in [3.05, 3.63) is 65.2 Å². The normalized spacial score (nSPS) is 10.9. The quantitative estimate of drug-likeness (QED) is 0.190. The molecule has 0 saturated heterocycles. The van der Waals surface area contributed by atoms with Crippen molar-refractivity contribution in [2.75, 3.05) is 0 Å². The molecule has 0 atom stereocenters. The van der Waals surface area contributed by atoms with Crippen LogP contribution in [0.4, 0.5) is 4.79 Å². The van der Waals surface area contributed by atoms with Gasteiger partial charge < -0.3 is 32.0 Å². The Morgan fingerprint density at radius 1 is 1.06 bits per heavy atom. The van der Waals surface area contributed by atoms with Crippen molar-refractivity contribution in [3.8, 4) is 34.0 Å². The fraction of sp³-hybridized carbons (Fsp3) is 0.0870. The highest BCUT2D eigenvalue weighted by Gasteiger charge is 2.18. The van der Waals surface area contributed by atoms with Crippen LogP contribution in [-0.2, 0) is 6.54 Å². The number of hydrogen-bond donors (Lipinski definition) is 7. The SMILES string of the molecule is Cc1cc(-c2nc3ccc(C(=N)N)cc3[nH]2)c(O)c(-c2cc(CNC(N)=O)ccc2O)c1. The van der Waals surface area contributed by atoms with Gasteiger partial charge in [0.15, 0.2) is 0 Å². The van der Waals surface area contributed by atoms with E-state index in [1.54, 1.807) is 42.5 Å². The summed E-state index contributed by atoms with van der Waals surface area (Å²) >= 11 is 0. The van der Waals surface area contributed by atoms with E-state index in [9.17, 15) is 15.0 Å². The number of carbonyl (C=O) groups excluding carboxylic acids is 1. The number of nitrogens with one attached hydrogen (secondary N) is 3. The van der Waals surface area contributed by atoms with Gasteiger partial charge in [0.05, 0.1) is 16.6 Å². The second-order valence-electron chi connectivity index (χ2n) is 7.51. The number of amides is 2. The maximum atomic E-state index is 11.1. The number of urea groups is 1. The molecule has 0 fully saturated rings. The van der Waals surface area contributed by atoms with Crippen LogP contribution in [0.3, 0.4) is 0 Å². The number of aryl methyl sites for hydroxylation is 1. The molecule has 0 bridgehead atoms. The van der Waals surface area contributed by atoms with Crippen molar-refractivity contribution < 1.29 is 15.0 Å². The van der Waals surface area contributed by atoms with Crippen LogP contribution in [0.2, 0.25) is 0 Å². The minimum absolute atomic E-state index is 0.0182. The van der Waals surface area contributed by atoms with Gasteiger partial charge in [-0.05, 0) is 60.5 Å². The molecule has 0 aliphatic carbocycles. The summed E-state index contributed by atoms with van der Waals surface area (Å²) in [6.07, 6.45) is 0. The fourth-order valence-electron chi connectivity index (χ4n) is 3.57. The molecule has 0 aliphatic heterocycles. The highest BCUT2D eigenvalue weighted by Crippen LogP contribution is 2.42. The molecule has 0 saturated carbocycles. The molecule has 3 aromatic carbocycles. The first-order chi connectivity index (χ1) is 15.2. The van der Waals surface area contributed by atoms with Gasteiger partial charge in [0.1, 0.15) is 23.2 Å². The number of nitrogens with zero attached hydrogens (tertiary/aromatic N) is 1. The summed E-state index contributed by atoms with van der Waals surface area (Å²) in [5.74, 6) is 0.311. The Labute approximate surface area is 183 Å². The molecule has 1 heterocycles. The molecule has 1 aromatic heterocycles. The summed E-state index contributed by atoms with van der Waals surface area (Å²) < 4.78 is 0. The van der Waals surface area contributed by atoms with E-state index < -0.39 is 6.03 Å². The first-order valence-electron chi connectivity index (χ1n) is 9.76. The number of rotatable bonds is 5. The Kier molecular flexibility index (Phi) is 5.15. The smallest absolute Gasteiger partial charge is 0.312 e. The number of aromatic nitrogens is 2. The maximum Gasteiger partial charge on any atom is 0.312 e. The number of aromatic amines is 1. The van der Waals surface area contributed by atoms with Crippen LogP contribution in [0.25, 0.3) is 33.5 Å². The molecule has 2 amide bonds. The van der Waals surface area contributed by atoms with Crippen LogP contribution in [0.15, 0.2) is 48.5 Å². The topological polar surface area (TPSA) is 174 Å². The number of H-pyrrole nitrogens is 1. The average molecular weight is 430 g/mol. The number of nitrogen functional groups attached to an aromatic ring is 1. The summed E-state index contributed by atoms with van der Waals surface area (Å²) in [4.78, 5) is 18.7. The molecular formula is C23H22N6O3. The van der Waals surface area contributed by atoms with Crippen LogP contribution in [0.1, 0.15) is 16.7 Å². The zero-order valence-electron chi connectivity index (χ0n) is 17.2. The largest absolute Gasteiger partial charge is 0.507 e. The van der Waals surface area contributed by atoms with Gasteiger partial charge in [0, 0.05) is 23.2 Å². The third-order valence-electron chi connectivity index (χ3n) is 5.12. The predicted molar refractivity (Wildman–Crippen MR) is 122 cm³/mol. The van der Waals surface area contributed by atoms with Crippen molar-refractivity contribution in [2.24, 2.45) is 11.5 Å². The van der Waals surface area contributed by atoms with E-state index in [1.807, 2.05) is 6.92 Å². The lowest BCUT2D eigenvalue weighted by molar-refractivity contribution is 0.248.